The van der Waals surface area contributed by atoms with Crippen LogP contribution < -0.4 is 0 Å². The molecule has 40 heavy (non-hydrogen) atoms. The molecule has 0 spiro atoms. The second-order valence-electron chi connectivity index (χ2n) is 10.5. The van der Waals surface area contributed by atoms with Crippen molar-refractivity contribution >= 4 is 74.9 Å². The Balaban J connectivity index is 1.50. The quantitative estimate of drug-likeness (QED) is 0.198. The second-order valence-corrected chi connectivity index (χ2v) is 11.5. The topological polar surface area (TPSA) is 4.93 Å². The van der Waals surface area contributed by atoms with Crippen LogP contribution in [-0.4, -0.2) is 4.57 Å². The van der Waals surface area contributed by atoms with Crippen LogP contribution >= 0.6 is 11.3 Å². The Labute approximate surface area is 235 Å². The molecule has 9 rings (SSSR count). The van der Waals surface area contributed by atoms with Crippen molar-refractivity contribution in [1.82, 2.24) is 4.57 Å². The molecule has 0 atom stereocenters. The molecule has 2 aromatic heterocycles. The molecule has 0 unspecified atom stereocenters. The van der Waals surface area contributed by atoms with E-state index in [-0.39, 0.29) is 0 Å². The van der Waals surface area contributed by atoms with Gasteiger partial charge in [-0.25, -0.2) is 0 Å². The maximum Gasteiger partial charge on any atom is 0.0626 e. The molecular weight excluding hydrogens is 502 g/mol. The largest absolute Gasteiger partial charge is 0.309 e. The molecule has 186 valence electrons. The summed E-state index contributed by atoms with van der Waals surface area (Å²) < 4.78 is 5.20. The van der Waals surface area contributed by atoms with Crippen LogP contribution in [0, 0.1) is 0 Å². The Morgan fingerprint density at radius 2 is 1.00 bits per heavy atom. The molecule has 0 aliphatic heterocycles. The Bertz CT molecular complexity index is 2410. The zero-order chi connectivity index (χ0) is 26.2. The molecule has 0 saturated heterocycles. The van der Waals surface area contributed by atoms with E-state index in [1.54, 1.807) is 0 Å². The first-order chi connectivity index (χ1) is 19.9. The fourth-order valence-corrected chi connectivity index (χ4v) is 7.89. The van der Waals surface area contributed by atoms with Gasteiger partial charge in [0.25, 0.3) is 0 Å². The Morgan fingerprint density at radius 3 is 1.77 bits per heavy atom. The van der Waals surface area contributed by atoms with Gasteiger partial charge < -0.3 is 4.57 Å². The van der Waals surface area contributed by atoms with Gasteiger partial charge in [-0.05, 0) is 51.6 Å². The minimum absolute atomic E-state index is 1.18. The van der Waals surface area contributed by atoms with Crippen LogP contribution in [0.1, 0.15) is 0 Å². The smallest absolute Gasteiger partial charge is 0.0626 e. The van der Waals surface area contributed by atoms with E-state index in [0.717, 1.165) is 0 Å². The highest BCUT2D eigenvalue weighted by Crippen LogP contribution is 2.47. The van der Waals surface area contributed by atoms with Crippen LogP contribution in [0.3, 0.4) is 0 Å². The average molecular weight is 526 g/mol. The van der Waals surface area contributed by atoms with Crippen molar-refractivity contribution < 1.29 is 0 Å². The average Bonchev–Trinajstić information content (AvgIpc) is 3.58. The highest BCUT2D eigenvalue weighted by Gasteiger charge is 2.21. The van der Waals surface area contributed by atoms with Gasteiger partial charge in [-0.3, -0.25) is 0 Å². The number of benzene rings is 7. The van der Waals surface area contributed by atoms with Gasteiger partial charge in [-0.15, -0.1) is 11.3 Å². The first kappa shape index (κ1) is 22.0. The molecule has 0 bridgehead atoms. The Morgan fingerprint density at radius 1 is 0.400 bits per heavy atom. The maximum absolute atomic E-state index is 2.50. The van der Waals surface area contributed by atoms with E-state index in [2.05, 4.69) is 144 Å². The number of hydrogen-bond acceptors (Lipinski definition) is 1. The van der Waals surface area contributed by atoms with E-state index >= 15 is 0 Å². The highest BCUT2D eigenvalue weighted by atomic mass is 32.1. The zero-order valence-corrected chi connectivity index (χ0v) is 22.5. The summed E-state index contributed by atoms with van der Waals surface area (Å²) in [5.41, 5.74) is 6.18. The van der Waals surface area contributed by atoms with Crippen molar-refractivity contribution in [2.24, 2.45) is 0 Å². The van der Waals surface area contributed by atoms with Crippen molar-refractivity contribution in [1.29, 1.82) is 0 Å². The standard InChI is InChI=1S/C38H23NS/c1-2-10-24(11-3-1)25-18-20-26(21-19-25)39-33-23-22-32-29-14-8-9-17-34(29)40-38(32)36(33)35-30-15-6-4-12-27(30)28-13-5-7-16-31(28)37(35)39/h1-23H. The molecule has 0 N–H and O–H groups in total. The van der Waals surface area contributed by atoms with Crippen molar-refractivity contribution in [2.45, 2.75) is 0 Å². The summed E-state index contributed by atoms with van der Waals surface area (Å²) in [6, 6.07) is 51.0. The minimum Gasteiger partial charge on any atom is -0.309 e. The van der Waals surface area contributed by atoms with Crippen molar-refractivity contribution in [3.05, 3.63) is 140 Å². The lowest BCUT2D eigenvalue weighted by Gasteiger charge is -2.12. The Kier molecular flexibility index (Phi) is 4.55. The summed E-state index contributed by atoms with van der Waals surface area (Å²) in [4.78, 5) is 0. The summed E-state index contributed by atoms with van der Waals surface area (Å²) in [5, 5.41) is 10.6. The van der Waals surface area contributed by atoms with Gasteiger partial charge in [0.2, 0.25) is 0 Å². The van der Waals surface area contributed by atoms with Crippen LogP contribution in [-0.2, 0) is 0 Å². The molecule has 7 aromatic carbocycles. The first-order valence-corrected chi connectivity index (χ1v) is 14.5. The molecule has 0 amide bonds. The number of aromatic nitrogens is 1. The van der Waals surface area contributed by atoms with Crippen LogP contribution in [0.25, 0.3) is 80.3 Å². The van der Waals surface area contributed by atoms with Gasteiger partial charge in [-0.1, -0.05) is 115 Å². The number of nitrogens with zero attached hydrogens (tertiary/aromatic N) is 1. The van der Waals surface area contributed by atoms with E-state index in [0.29, 0.717) is 0 Å². The predicted molar refractivity (Wildman–Crippen MR) is 174 cm³/mol. The molecular formula is C38H23NS. The number of hydrogen-bond donors (Lipinski definition) is 0. The zero-order valence-electron chi connectivity index (χ0n) is 21.6. The van der Waals surface area contributed by atoms with Gasteiger partial charge in [0.1, 0.15) is 0 Å². The van der Waals surface area contributed by atoms with E-state index in [1.165, 1.54) is 80.3 Å². The summed E-state index contributed by atoms with van der Waals surface area (Å²) in [6.45, 7) is 0. The van der Waals surface area contributed by atoms with Crippen LogP contribution in [0.5, 0.6) is 0 Å². The first-order valence-electron chi connectivity index (χ1n) is 13.7. The lowest BCUT2D eigenvalue weighted by Crippen LogP contribution is -1.95. The third-order valence-corrected chi connectivity index (χ3v) is 9.58. The van der Waals surface area contributed by atoms with Gasteiger partial charge in [0.05, 0.1) is 11.0 Å². The van der Waals surface area contributed by atoms with Crippen LogP contribution in [0.2, 0.25) is 0 Å². The van der Waals surface area contributed by atoms with E-state index < -0.39 is 0 Å². The van der Waals surface area contributed by atoms with E-state index in [9.17, 15) is 0 Å². The third kappa shape index (κ3) is 2.97. The van der Waals surface area contributed by atoms with Crippen molar-refractivity contribution in [2.75, 3.05) is 0 Å². The Hall–Kier alpha value is -4.92. The highest BCUT2D eigenvalue weighted by molar-refractivity contribution is 7.26. The SMILES string of the molecule is c1ccc(-c2ccc(-n3c4ccc5c6ccccc6sc5c4c4c5ccccc5c5ccccc5c43)cc2)cc1. The van der Waals surface area contributed by atoms with E-state index in [4.69, 9.17) is 0 Å². The summed E-state index contributed by atoms with van der Waals surface area (Å²) in [7, 11) is 0. The van der Waals surface area contributed by atoms with Crippen molar-refractivity contribution in [3.8, 4) is 16.8 Å². The monoisotopic (exact) mass is 525 g/mol. The normalized spacial score (nSPS) is 12.0. The molecule has 0 saturated carbocycles. The molecule has 1 nitrogen and oxygen atoms in total. The molecule has 2 heterocycles. The molecule has 2 heteroatoms. The lowest BCUT2D eigenvalue weighted by atomic mass is 9.96. The van der Waals surface area contributed by atoms with Gasteiger partial charge in [0, 0.05) is 42.0 Å². The molecule has 0 aliphatic carbocycles. The fraction of sp³-hybridized carbons (Fsp3) is 0. The third-order valence-electron chi connectivity index (χ3n) is 8.38. The lowest BCUT2D eigenvalue weighted by molar-refractivity contribution is 1.19. The number of thiophene rings is 1. The number of rotatable bonds is 2. The minimum atomic E-state index is 1.18. The maximum atomic E-state index is 2.50. The second kappa shape index (κ2) is 8.29. The number of fused-ring (bicyclic) bond motifs is 12. The van der Waals surface area contributed by atoms with Crippen LogP contribution in [0.15, 0.2) is 140 Å². The molecule has 0 radical (unpaired) electrons. The van der Waals surface area contributed by atoms with Gasteiger partial charge in [-0.2, -0.15) is 0 Å². The molecule has 0 aliphatic rings. The fourth-order valence-electron chi connectivity index (χ4n) is 6.64. The van der Waals surface area contributed by atoms with E-state index in [1.807, 2.05) is 11.3 Å². The molecule has 0 fully saturated rings. The molecule has 9 aromatic rings. The van der Waals surface area contributed by atoms with Gasteiger partial charge >= 0.3 is 0 Å². The van der Waals surface area contributed by atoms with Gasteiger partial charge in [0.15, 0.2) is 0 Å². The van der Waals surface area contributed by atoms with Crippen molar-refractivity contribution in [3.63, 3.8) is 0 Å². The summed E-state index contributed by atoms with van der Waals surface area (Å²) in [5.74, 6) is 0. The summed E-state index contributed by atoms with van der Waals surface area (Å²) in [6.07, 6.45) is 0. The predicted octanol–water partition coefficient (Wildman–Crippen LogP) is 11.1. The summed E-state index contributed by atoms with van der Waals surface area (Å²) >= 11 is 1.91. The van der Waals surface area contributed by atoms with Crippen LogP contribution in [0.4, 0.5) is 0 Å².